The van der Waals surface area contributed by atoms with E-state index < -0.39 is 0 Å². The molecule has 0 spiro atoms. The van der Waals surface area contributed by atoms with Crippen LogP contribution in [-0.2, 0) is 4.79 Å². The van der Waals surface area contributed by atoms with E-state index in [4.69, 9.17) is 0 Å². The van der Waals surface area contributed by atoms with E-state index in [2.05, 4.69) is 29.0 Å². The molecule has 1 amide bonds. The molecule has 1 aliphatic rings. The summed E-state index contributed by atoms with van der Waals surface area (Å²) in [4.78, 5) is 13.4. The number of halogens is 1. The van der Waals surface area contributed by atoms with Crippen molar-refractivity contribution < 1.29 is 4.79 Å². The first-order chi connectivity index (χ1) is 8.22. The van der Waals surface area contributed by atoms with Crippen LogP contribution in [0, 0.1) is 11.8 Å². The van der Waals surface area contributed by atoms with Crippen LogP contribution in [-0.4, -0.2) is 19.0 Å². The first-order valence-electron chi connectivity index (χ1n) is 6.26. The molecule has 0 radical (unpaired) electrons. The molecule has 3 nitrogen and oxygen atoms in total. The van der Waals surface area contributed by atoms with Crippen LogP contribution in [0.1, 0.15) is 31.2 Å². The Morgan fingerprint density at radius 1 is 1.61 bits per heavy atom. The second-order valence-corrected chi connectivity index (χ2v) is 5.67. The first-order valence-corrected chi connectivity index (χ1v) is 7.14. The van der Waals surface area contributed by atoms with Gasteiger partial charge in [0.15, 0.2) is 0 Å². The number of carbonyl (C=O) groups is 1. The van der Waals surface area contributed by atoms with Gasteiger partial charge in [-0.05, 0) is 36.9 Å². The highest BCUT2D eigenvalue weighted by molar-refractivity contribution is 7.10. The van der Waals surface area contributed by atoms with Gasteiger partial charge in [-0.25, -0.2) is 0 Å². The average Bonchev–Trinajstić information content (AvgIpc) is 2.76. The van der Waals surface area contributed by atoms with Gasteiger partial charge in [-0.15, -0.1) is 23.7 Å². The number of rotatable bonds is 5. The summed E-state index contributed by atoms with van der Waals surface area (Å²) >= 11 is 1.71. The summed E-state index contributed by atoms with van der Waals surface area (Å²) in [6.07, 6.45) is 0.946. The monoisotopic (exact) mass is 288 g/mol. The second kappa shape index (κ2) is 7.12. The molecule has 0 aromatic carbocycles. The summed E-state index contributed by atoms with van der Waals surface area (Å²) in [5.41, 5.74) is 0. The zero-order valence-corrected chi connectivity index (χ0v) is 12.4. The van der Waals surface area contributed by atoms with Gasteiger partial charge in [0.25, 0.3) is 0 Å². The third-order valence-electron chi connectivity index (χ3n) is 3.55. The lowest BCUT2D eigenvalue weighted by molar-refractivity contribution is -0.127. The largest absolute Gasteiger partial charge is 0.348 e. The maximum absolute atomic E-state index is 12.1. The van der Waals surface area contributed by atoms with E-state index in [0.717, 1.165) is 19.5 Å². The number of carbonyl (C=O) groups excluding carboxylic acids is 1. The van der Waals surface area contributed by atoms with E-state index in [-0.39, 0.29) is 30.3 Å². The third-order valence-corrected chi connectivity index (χ3v) is 4.53. The molecule has 1 fully saturated rings. The number of hydrogen-bond acceptors (Lipinski definition) is 3. The van der Waals surface area contributed by atoms with Crippen molar-refractivity contribution in [1.29, 1.82) is 0 Å². The molecule has 1 aromatic rings. The SMILES string of the molecule is CCC(NC(=O)C(C)C1CNC1)c1cccs1.Cl. The van der Waals surface area contributed by atoms with Crippen molar-refractivity contribution in [3.63, 3.8) is 0 Å². The Labute approximate surface area is 119 Å². The summed E-state index contributed by atoms with van der Waals surface area (Å²) in [5, 5.41) is 8.43. The Balaban J connectivity index is 0.00000162. The molecule has 1 aliphatic heterocycles. The maximum atomic E-state index is 12.1. The molecule has 2 N–H and O–H groups in total. The molecular formula is C13H21ClN2OS. The number of thiophene rings is 1. The topological polar surface area (TPSA) is 41.1 Å². The molecule has 18 heavy (non-hydrogen) atoms. The van der Waals surface area contributed by atoms with E-state index in [1.165, 1.54) is 4.88 Å². The van der Waals surface area contributed by atoms with Crippen molar-refractivity contribution in [1.82, 2.24) is 10.6 Å². The maximum Gasteiger partial charge on any atom is 0.223 e. The van der Waals surface area contributed by atoms with E-state index >= 15 is 0 Å². The smallest absolute Gasteiger partial charge is 0.223 e. The van der Waals surface area contributed by atoms with Crippen molar-refractivity contribution in [3.8, 4) is 0 Å². The van der Waals surface area contributed by atoms with Crippen molar-refractivity contribution in [3.05, 3.63) is 22.4 Å². The normalized spacial score (nSPS) is 18.3. The van der Waals surface area contributed by atoms with Crippen LogP contribution in [0.25, 0.3) is 0 Å². The Morgan fingerprint density at radius 2 is 2.33 bits per heavy atom. The van der Waals surface area contributed by atoms with Gasteiger partial charge in [-0.1, -0.05) is 19.9 Å². The zero-order chi connectivity index (χ0) is 12.3. The highest BCUT2D eigenvalue weighted by Crippen LogP contribution is 2.23. The summed E-state index contributed by atoms with van der Waals surface area (Å²) in [6.45, 7) is 6.09. The van der Waals surface area contributed by atoms with E-state index in [1.54, 1.807) is 11.3 Å². The predicted octanol–water partition coefficient (Wildman–Crippen LogP) is 2.59. The summed E-state index contributed by atoms with van der Waals surface area (Å²) in [5.74, 6) is 0.817. The minimum atomic E-state index is 0. The first kappa shape index (κ1) is 15.5. The van der Waals surface area contributed by atoms with E-state index in [9.17, 15) is 4.79 Å². The van der Waals surface area contributed by atoms with Crippen molar-refractivity contribution >= 4 is 29.7 Å². The Hall–Kier alpha value is -0.580. The quantitative estimate of drug-likeness (QED) is 0.874. The molecule has 2 atom stereocenters. The third kappa shape index (κ3) is 3.46. The minimum Gasteiger partial charge on any atom is -0.348 e. The summed E-state index contributed by atoms with van der Waals surface area (Å²) in [7, 11) is 0. The number of nitrogens with one attached hydrogen (secondary N) is 2. The van der Waals surface area contributed by atoms with Crippen molar-refractivity contribution in [2.24, 2.45) is 11.8 Å². The zero-order valence-electron chi connectivity index (χ0n) is 10.8. The standard InChI is InChI=1S/C13H20N2OS.ClH/c1-3-11(12-5-4-6-17-12)15-13(16)9(2)10-7-14-8-10;/h4-6,9-11,14H,3,7-8H2,1-2H3,(H,15,16);1H. The van der Waals surface area contributed by atoms with Gasteiger partial charge in [0.05, 0.1) is 6.04 Å². The van der Waals surface area contributed by atoms with Crippen LogP contribution in [0.15, 0.2) is 17.5 Å². The highest BCUT2D eigenvalue weighted by atomic mass is 35.5. The van der Waals surface area contributed by atoms with Gasteiger partial charge in [0.2, 0.25) is 5.91 Å². The minimum absolute atomic E-state index is 0. The summed E-state index contributed by atoms with van der Waals surface area (Å²) in [6, 6.07) is 4.31. The van der Waals surface area contributed by atoms with Crippen LogP contribution < -0.4 is 10.6 Å². The van der Waals surface area contributed by atoms with Gasteiger partial charge in [0, 0.05) is 10.8 Å². The predicted molar refractivity (Wildman–Crippen MR) is 78.3 cm³/mol. The van der Waals surface area contributed by atoms with Crippen molar-refractivity contribution in [2.45, 2.75) is 26.3 Å². The van der Waals surface area contributed by atoms with Crippen LogP contribution in [0.4, 0.5) is 0 Å². The van der Waals surface area contributed by atoms with Crippen molar-refractivity contribution in [2.75, 3.05) is 13.1 Å². The lowest BCUT2D eigenvalue weighted by Crippen LogP contribution is -2.49. The van der Waals surface area contributed by atoms with Crippen LogP contribution in [0.2, 0.25) is 0 Å². The summed E-state index contributed by atoms with van der Waals surface area (Å²) < 4.78 is 0. The number of hydrogen-bond donors (Lipinski definition) is 2. The molecule has 5 heteroatoms. The Bertz CT molecular complexity index is 365. The molecule has 102 valence electrons. The molecule has 2 unspecified atom stereocenters. The molecule has 0 saturated carbocycles. The van der Waals surface area contributed by atoms with Gasteiger partial charge in [-0.3, -0.25) is 4.79 Å². The fourth-order valence-electron chi connectivity index (χ4n) is 2.05. The molecule has 2 rings (SSSR count). The van der Waals surface area contributed by atoms with Gasteiger partial charge in [-0.2, -0.15) is 0 Å². The van der Waals surface area contributed by atoms with Gasteiger partial charge >= 0.3 is 0 Å². The molecule has 0 bridgehead atoms. The van der Waals surface area contributed by atoms with E-state index in [1.807, 2.05) is 13.0 Å². The Morgan fingerprint density at radius 3 is 2.78 bits per heavy atom. The fourth-order valence-corrected chi connectivity index (χ4v) is 2.91. The molecule has 0 aliphatic carbocycles. The highest BCUT2D eigenvalue weighted by Gasteiger charge is 2.29. The molecule has 1 saturated heterocycles. The molecular weight excluding hydrogens is 268 g/mol. The van der Waals surface area contributed by atoms with Crippen LogP contribution >= 0.6 is 23.7 Å². The van der Waals surface area contributed by atoms with Crippen LogP contribution in [0.3, 0.4) is 0 Å². The van der Waals surface area contributed by atoms with Crippen LogP contribution in [0.5, 0.6) is 0 Å². The Kier molecular flexibility index (Phi) is 6.12. The van der Waals surface area contributed by atoms with Gasteiger partial charge in [0.1, 0.15) is 0 Å². The second-order valence-electron chi connectivity index (χ2n) is 4.69. The lowest BCUT2D eigenvalue weighted by atomic mass is 9.88. The fraction of sp³-hybridized carbons (Fsp3) is 0.615. The lowest BCUT2D eigenvalue weighted by Gasteiger charge is -2.32. The average molecular weight is 289 g/mol. The number of amides is 1. The molecule has 2 heterocycles. The van der Waals surface area contributed by atoms with E-state index in [0.29, 0.717) is 5.92 Å². The van der Waals surface area contributed by atoms with Gasteiger partial charge < -0.3 is 10.6 Å². The molecule has 1 aromatic heterocycles.